The molecule has 0 radical (unpaired) electrons. The summed E-state index contributed by atoms with van der Waals surface area (Å²) in [5.74, 6) is 0.0786. The molecule has 122 valence electrons. The van der Waals surface area contributed by atoms with Gasteiger partial charge in [0.2, 0.25) is 5.91 Å². The Hall–Kier alpha value is -2.14. The first-order chi connectivity index (χ1) is 11.3. The number of hydrogen-bond acceptors (Lipinski definition) is 3. The number of hydrogen-bond donors (Lipinski definition) is 0. The van der Waals surface area contributed by atoms with Crippen LogP contribution in [0.1, 0.15) is 24.4 Å². The molecule has 23 heavy (non-hydrogen) atoms. The number of likely N-dealkylation sites (tertiary alicyclic amines) is 1. The molecule has 1 aliphatic heterocycles. The van der Waals surface area contributed by atoms with Gasteiger partial charge in [0.15, 0.2) is 0 Å². The number of amides is 1. The lowest BCUT2D eigenvalue weighted by atomic mass is 10.1. The van der Waals surface area contributed by atoms with Crippen LogP contribution in [0.3, 0.4) is 0 Å². The minimum Gasteiger partial charge on any atom is -0.371 e. The summed E-state index contributed by atoms with van der Waals surface area (Å²) in [5.41, 5.74) is 1.23. The highest BCUT2D eigenvalue weighted by atomic mass is 16.5. The fraction of sp³-hybridized carbons (Fsp3) is 0.444. The van der Waals surface area contributed by atoms with Crippen LogP contribution in [-0.4, -0.2) is 46.9 Å². The lowest BCUT2D eigenvalue weighted by molar-refractivity contribution is -0.137. The summed E-state index contributed by atoms with van der Waals surface area (Å²) in [4.78, 5) is 14.2. The Bertz CT molecular complexity index is 598. The van der Waals surface area contributed by atoms with Crippen molar-refractivity contribution < 1.29 is 9.53 Å². The zero-order valence-corrected chi connectivity index (χ0v) is 13.3. The van der Waals surface area contributed by atoms with Crippen LogP contribution in [0.5, 0.6) is 0 Å². The van der Waals surface area contributed by atoms with Crippen molar-refractivity contribution in [2.24, 2.45) is 0 Å². The minimum absolute atomic E-state index is 0.0786. The molecule has 0 saturated carbocycles. The number of carbonyl (C=O) groups excluding carboxylic acids is 1. The summed E-state index contributed by atoms with van der Waals surface area (Å²) < 4.78 is 7.52. The molecule has 2 heterocycles. The summed E-state index contributed by atoms with van der Waals surface area (Å²) in [5, 5.41) is 4.29. The van der Waals surface area contributed by atoms with Crippen LogP contribution in [-0.2, 0) is 16.0 Å². The maximum Gasteiger partial charge on any atom is 0.248 e. The number of nitrogens with zero attached hydrogens (tertiary/aromatic N) is 3. The van der Waals surface area contributed by atoms with Gasteiger partial charge in [-0.15, -0.1) is 0 Å². The van der Waals surface area contributed by atoms with Crippen molar-refractivity contribution in [1.29, 1.82) is 0 Å². The van der Waals surface area contributed by atoms with Gasteiger partial charge in [0.1, 0.15) is 6.61 Å². The van der Waals surface area contributed by atoms with Crippen molar-refractivity contribution in [3.05, 3.63) is 54.4 Å². The fourth-order valence-electron chi connectivity index (χ4n) is 2.98. The number of benzene rings is 1. The van der Waals surface area contributed by atoms with Crippen molar-refractivity contribution >= 4 is 5.91 Å². The molecule has 3 rings (SSSR count). The predicted molar refractivity (Wildman–Crippen MR) is 88.0 cm³/mol. The van der Waals surface area contributed by atoms with Crippen LogP contribution < -0.4 is 0 Å². The third-order valence-electron chi connectivity index (χ3n) is 4.25. The summed E-state index contributed by atoms with van der Waals surface area (Å²) in [6.07, 6.45) is 6.67. The van der Waals surface area contributed by atoms with Crippen LogP contribution >= 0.6 is 0 Å². The lowest BCUT2D eigenvalue weighted by Crippen LogP contribution is -2.42. The van der Waals surface area contributed by atoms with E-state index in [-0.39, 0.29) is 18.6 Å². The molecule has 1 aliphatic rings. The van der Waals surface area contributed by atoms with Crippen LogP contribution in [0.15, 0.2) is 48.8 Å². The highest BCUT2D eigenvalue weighted by Gasteiger charge is 2.24. The number of rotatable bonds is 6. The van der Waals surface area contributed by atoms with E-state index < -0.39 is 0 Å². The van der Waals surface area contributed by atoms with Crippen molar-refractivity contribution in [3.63, 3.8) is 0 Å². The fourth-order valence-corrected chi connectivity index (χ4v) is 2.98. The molecule has 1 atom stereocenters. The molecule has 2 aromatic rings. The van der Waals surface area contributed by atoms with Gasteiger partial charge in [-0.1, -0.05) is 30.3 Å². The normalized spacial score (nSPS) is 18.1. The van der Waals surface area contributed by atoms with Gasteiger partial charge in [-0.25, -0.2) is 0 Å². The Morgan fingerprint density at radius 2 is 2.13 bits per heavy atom. The number of carbonyl (C=O) groups is 1. The second-order valence-electron chi connectivity index (χ2n) is 5.91. The summed E-state index contributed by atoms with van der Waals surface area (Å²) in [6, 6.07) is 12.4. The molecule has 1 fully saturated rings. The van der Waals surface area contributed by atoms with Gasteiger partial charge in [-0.3, -0.25) is 9.48 Å². The van der Waals surface area contributed by atoms with Gasteiger partial charge in [-0.05, 0) is 30.9 Å². The van der Waals surface area contributed by atoms with Crippen LogP contribution in [0.4, 0.5) is 0 Å². The van der Waals surface area contributed by atoms with Gasteiger partial charge in [0, 0.05) is 25.5 Å². The largest absolute Gasteiger partial charge is 0.371 e. The molecule has 5 nitrogen and oxygen atoms in total. The second kappa shape index (κ2) is 7.92. The zero-order chi connectivity index (χ0) is 15.9. The summed E-state index contributed by atoms with van der Waals surface area (Å²) >= 11 is 0. The van der Waals surface area contributed by atoms with Crippen LogP contribution in [0.2, 0.25) is 0 Å². The molecular weight excluding hydrogens is 290 g/mol. The molecule has 0 bridgehead atoms. The molecule has 5 heteroatoms. The zero-order valence-electron chi connectivity index (χ0n) is 13.3. The Balaban J connectivity index is 1.41. The SMILES string of the molecule is O=C(COCCc1ccccc1)N1CCC[C@H](n2cccn2)C1. The van der Waals surface area contributed by atoms with Gasteiger partial charge in [-0.2, -0.15) is 5.10 Å². The quantitative estimate of drug-likeness (QED) is 0.769. The first kappa shape index (κ1) is 15.7. The molecule has 0 spiro atoms. The average Bonchev–Trinajstić information content (AvgIpc) is 3.14. The maximum atomic E-state index is 12.3. The topological polar surface area (TPSA) is 47.4 Å². The van der Waals surface area contributed by atoms with Crippen molar-refractivity contribution in [3.8, 4) is 0 Å². The smallest absolute Gasteiger partial charge is 0.248 e. The van der Waals surface area contributed by atoms with E-state index in [0.29, 0.717) is 6.61 Å². The van der Waals surface area contributed by atoms with Gasteiger partial charge < -0.3 is 9.64 Å². The van der Waals surface area contributed by atoms with Crippen molar-refractivity contribution in [2.75, 3.05) is 26.3 Å². The van der Waals surface area contributed by atoms with Crippen molar-refractivity contribution in [1.82, 2.24) is 14.7 Å². The standard InChI is InChI=1S/C18H23N3O2/c22-18(15-23-13-9-16-6-2-1-3-7-16)20-11-4-8-17(14-20)21-12-5-10-19-21/h1-3,5-7,10,12,17H,4,8-9,11,13-15H2/t17-/m0/s1. The molecule has 1 aromatic carbocycles. The highest BCUT2D eigenvalue weighted by Crippen LogP contribution is 2.20. The van der Waals surface area contributed by atoms with Crippen LogP contribution in [0, 0.1) is 0 Å². The third-order valence-corrected chi connectivity index (χ3v) is 4.25. The first-order valence-corrected chi connectivity index (χ1v) is 8.21. The van der Waals surface area contributed by atoms with Gasteiger partial charge in [0.05, 0.1) is 12.6 Å². The molecule has 0 aliphatic carbocycles. The van der Waals surface area contributed by atoms with E-state index in [0.717, 1.165) is 32.4 Å². The molecule has 0 N–H and O–H groups in total. The molecule has 0 unspecified atom stereocenters. The number of piperidine rings is 1. The Morgan fingerprint density at radius 1 is 1.26 bits per heavy atom. The molecule has 1 amide bonds. The lowest BCUT2D eigenvalue weighted by Gasteiger charge is -2.32. The van der Waals surface area contributed by atoms with E-state index in [4.69, 9.17) is 4.74 Å². The highest BCUT2D eigenvalue weighted by molar-refractivity contribution is 5.77. The number of ether oxygens (including phenoxy) is 1. The third kappa shape index (κ3) is 4.42. The van der Waals surface area contributed by atoms with E-state index in [2.05, 4.69) is 17.2 Å². The summed E-state index contributed by atoms with van der Waals surface area (Å²) in [6.45, 7) is 2.28. The Labute approximate surface area is 136 Å². The molecule has 1 saturated heterocycles. The van der Waals surface area contributed by atoms with Gasteiger partial charge >= 0.3 is 0 Å². The van der Waals surface area contributed by atoms with E-state index in [9.17, 15) is 4.79 Å². The van der Waals surface area contributed by atoms with E-state index in [1.54, 1.807) is 6.20 Å². The minimum atomic E-state index is 0.0786. The van der Waals surface area contributed by atoms with Crippen molar-refractivity contribution in [2.45, 2.75) is 25.3 Å². The average molecular weight is 313 g/mol. The van der Waals surface area contributed by atoms with Gasteiger partial charge in [0.25, 0.3) is 0 Å². The van der Waals surface area contributed by atoms with Crippen LogP contribution in [0.25, 0.3) is 0 Å². The Kier molecular flexibility index (Phi) is 5.42. The first-order valence-electron chi connectivity index (χ1n) is 8.21. The second-order valence-corrected chi connectivity index (χ2v) is 5.91. The van der Waals surface area contributed by atoms with E-state index in [1.807, 2.05) is 40.0 Å². The molecular formula is C18H23N3O2. The predicted octanol–water partition coefficient (Wildman–Crippen LogP) is 2.31. The number of aromatic nitrogens is 2. The maximum absolute atomic E-state index is 12.3. The monoisotopic (exact) mass is 313 g/mol. The molecule has 1 aromatic heterocycles. The Morgan fingerprint density at radius 3 is 2.91 bits per heavy atom. The van der Waals surface area contributed by atoms with E-state index >= 15 is 0 Å². The summed E-state index contributed by atoms with van der Waals surface area (Å²) in [7, 11) is 0. The van der Waals surface area contributed by atoms with E-state index in [1.165, 1.54) is 5.56 Å².